The zero-order valence-corrected chi connectivity index (χ0v) is 13.6. The minimum absolute atomic E-state index is 0.130. The van der Waals surface area contributed by atoms with Gasteiger partial charge in [-0.2, -0.15) is 0 Å². The van der Waals surface area contributed by atoms with Gasteiger partial charge in [-0.3, -0.25) is 4.79 Å². The number of ether oxygens (including phenoxy) is 1. The van der Waals surface area contributed by atoms with E-state index >= 15 is 0 Å². The first kappa shape index (κ1) is 15.9. The Morgan fingerprint density at radius 2 is 1.70 bits per heavy atom. The van der Waals surface area contributed by atoms with Crippen LogP contribution in [0.2, 0.25) is 0 Å². The molecule has 0 saturated heterocycles. The molecule has 122 valence electrons. The van der Waals surface area contributed by atoms with Crippen LogP contribution >= 0.6 is 0 Å². The van der Waals surface area contributed by atoms with Crippen LogP contribution in [0.4, 0.5) is 0 Å². The summed E-state index contributed by atoms with van der Waals surface area (Å²) in [6.45, 7) is 0. The second-order valence-electron chi connectivity index (χ2n) is 6.54. The third kappa shape index (κ3) is 3.49. The minimum Gasteiger partial charge on any atom is -0.508 e. The highest BCUT2D eigenvalue weighted by Crippen LogP contribution is 2.37. The number of rotatable bonds is 3. The van der Waals surface area contributed by atoms with Crippen LogP contribution in [0.5, 0.6) is 5.75 Å². The van der Waals surface area contributed by atoms with Crippen LogP contribution in [0, 0.1) is 5.92 Å². The molecule has 23 heavy (non-hydrogen) atoms. The Balaban J connectivity index is 1.98. The number of phenolic OH excluding ortho intramolecular Hbond substituents is 1. The fraction of sp³-hybridized carbons (Fsp3) is 0.450. The molecule has 3 heteroatoms. The van der Waals surface area contributed by atoms with Crippen molar-refractivity contribution in [3.8, 4) is 5.75 Å². The van der Waals surface area contributed by atoms with E-state index in [9.17, 15) is 9.90 Å². The number of hydrogen-bond donors (Lipinski definition) is 1. The van der Waals surface area contributed by atoms with E-state index < -0.39 is 0 Å². The third-order valence-electron chi connectivity index (χ3n) is 5.03. The van der Waals surface area contributed by atoms with Gasteiger partial charge in [0.15, 0.2) is 0 Å². The van der Waals surface area contributed by atoms with E-state index in [0.29, 0.717) is 5.92 Å². The van der Waals surface area contributed by atoms with Gasteiger partial charge in [0.2, 0.25) is 0 Å². The van der Waals surface area contributed by atoms with Crippen molar-refractivity contribution in [2.24, 2.45) is 5.92 Å². The van der Waals surface area contributed by atoms with Gasteiger partial charge >= 0.3 is 5.97 Å². The van der Waals surface area contributed by atoms with E-state index in [2.05, 4.69) is 6.07 Å². The quantitative estimate of drug-likeness (QED) is 0.656. The highest BCUT2D eigenvalue weighted by atomic mass is 16.5. The number of hydrogen-bond acceptors (Lipinski definition) is 3. The van der Waals surface area contributed by atoms with Crippen molar-refractivity contribution in [1.82, 2.24) is 0 Å². The average molecular weight is 312 g/mol. The van der Waals surface area contributed by atoms with E-state index in [1.807, 2.05) is 18.2 Å². The average Bonchev–Trinajstić information content (AvgIpc) is 2.84. The number of aromatic hydroxyl groups is 1. The van der Waals surface area contributed by atoms with Gasteiger partial charge in [-0.1, -0.05) is 49.9 Å². The molecule has 1 aliphatic carbocycles. The van der Waals surface area contributed by atoms with Crippen molar-refractivity contribution in [2.75, 3.05) is 7.11 Å². The number of carbonyl (C=O) groups excluding carboxylic acids is 1. The second kappa shape index (κ2) is 7.03. The summed E-state index contributed by atoms with van der Waals surface area (Å²) in [5.74, 6) is 0.310. The van der Waals surface area contributed by atoms with E-state index in [0.717, 1.165) is 29.2 Å². The van der Waals surface area contributed by atoms with Crippen molar-refractivity contribution in [3.63, 3.8) is 0 Å². The van der Waals surface area contributed by atoms with Crippen molar-refractivity contribution < 1.29 is 14.6 Å². The van der Waals surface area contributed by atoms with Crippen molar-refractivity contribution in [1.29, 1.82) is 0 Å². The fourth-order valence-corrected chi connectivity index (χ4v) is 3.82. The summed E-state index contributed by atoms with van der Waals surface area (Å²) < 4.78 is 5.11. The first-order valence-electron chi connectivity index (χ1n) is 8.49. The molecule has 0 radical (unpaired) electrons. The molecular weight excluding hydrogens is 288 g/mol. The highest BCUT2D eigenvalue weighted by Gasteiger charge is 2.31. The third-order valence-corrected chi connectivity index (χ3v) is 5.03. The monoisotopic (exact) mass is 312 g/mol. The Bertz CT molecular complexity index is 684. The lowest BCUT2D eigenvalue weighted by Crippen LogP contribution is -2.23. The van der Waals surface area contributed by atoms with Crippen molar-refractivity contribution >= 4 is 16.7 Å². The summed E-state index contributed by atoms with van der Waals surface area (Å²) in [6, 6.07) is 11.4. The van der Waals surface area contributed by atoms with Gasteiger partial charge in [0.05, 0.1) is 13.0 Å². The van der Waals surface area contributed by atoms with Crippen molar-refractivity contribution in [3.05, 3.63) is 42.0 Å². The minimum atomic E-state index is -0.184. The summed E-state index contributed by atoms with van der Waals surface area (Å²) in [5.41, 5.74) is 1.03. The summed E-state index contributed by atoms with van der Waals surface area (Å²) in [7, 11) is 1.48. The number of phenols is 1. The molecule has 0 aliphatic heterocycles. The van der Waals surface area contributed by atoms with Crippen LogP contribution < -0.4 is 0 Å². The largest absolute Gasteiger partial charge is 0.508 e. The summed E-state index contributed by atoms with van der Waals surface area (Å²) in [4.78, 5) is 12.5. The van der Waals surface area contributed by atoms with Crippen LogP contribution in [0.1, 0.15) is 50.0 Å². The van der Waals surface area contributed by atoms with Crippen LogP contribution in [-0.4, -0.2) is 18.2 Å². The topological polar surface area (TPSA) is 46.5 Å². The number of esters is 1. The van der Waals surface area contributed by atoms with Crippen molar-refractivity contribution in [2.45, 2.75) is 44.4 Å². The van der Waals surface area contributed by atoms with Gasteiger partial charge in [-0.05, 0) is 47.2 Å². The molecule has 0 bridgehead atoms. The lowest BCUT2D eigenvalue weighted by Gasteiger charge is -2.24. The molecule has 1 atom stereocenters. The predicted octanol–water partition coefficient (Wildman–Crippen LogP) is 4.77. The maximum atomic E-state index is 12.5. The SMILES string of the molecule is COC(=O)C(c1ccc2cc(O)ccc2c1)C1CCCCCC1. The zero-order chi connectivity index (χ0) is 16.2. The van der Waals surface area contributed by atoms with E-state index in [1.165, 1.54) is 32.8 Å². The zero-order valence-electron chi connectivity index (χ0n) is 13.6. The maximum absolute atomic E-state index is 12.5. The molecule has 1 fully saturated rings. The van der Waals surface area contributed by atoms with Crippen LogP contribution in [0.15, 0.2) is 36.4 Å². The first-order chi connectivity index (χ1) is 11.2. The lowest BCUT2D eigenvalue weighted by molar-refractivity contribution is -0.144. The van der Waals surface area contributed by atoms with E-state index in [-0.39, 0.29) is 17.6 Å². The molecule has 0 aromatic heterocycles. The second-order valence-corrected chi connectivity index (χ2v) is 6.54. The molecule has 1 N–H and O–H groups in total. The molecule has 1 saturated carbocycles. The summed E-state index contributed by atoms with van der Waals surface area (Å²) in [6.07, 6.45) is 7.10. The van der Waals surface area contributed by atoms with Gasteiger partial charge in [0.1, 0.15) is 5.75 Å². The molecule has 1 unspecified atom stereocenters. The molecule has 2 aromatic rings. The van der Waals surface area contributed by atoms with Crippen LogP contribution in [-0.2, 0) is 9.53 Å². The molecule has 1 aliphatic rings. The van der Waals surface area contributed by atoms with Gasteiger partial charge in [0, 0.05) is 0 Å². The normalized spacial score (nSPS) is 17.6. The highest BCUT2D eigenvalue weighted by molar-refractivity contribution is 5.87. The molecule has 3 nitrogen and oxygen atoms in total. The molecule has 0 heterocycles. The van der Waals surface area contributed by atoms with Crippen LogP contribution in [0.25, 0.3) is 10.8 Å². The predicted molar refractivity (Wildman–Crippen MR) is 91.6 cm³/mol. The van der Waals surface area contributed by atoms with E-state index in [1.54, 1.807) is 12.1 Å². The Morgan fingerprint density at radius 3 is 2.39 bits per heavy atom. The molecular formula is C20H24O3. The van der Waals surface area contributed by atoms with Gasteiger partial charge in [-0.15, -0.1) is 0 Å². The molecule has 3 rings (SSSR count). The van der Waals surface area contributed by atoms with Gasteiger partial charge < -0.3 is 9.84 Å². The Morgan fingerprint density at radius 1 is 1.04 bits per heavy atom. The fourth-order valence-electron chi connectivity index (χ4n) is 3.82. The summed E-state index contributed by atoms with van der Waals surface area (Å²) >= 11 is 0. The standard InChI is InChI=1S/C20H24O3/c1-23-20(22)19(14-6-4-2-3-5-7-14)17-9-8-16-13-18(21)11-10-15(16)12-17/h8-14,19,21H,2-7H2,1H3. The molecule has 2 aromatic carbocycles. The van der Waals surface area contributed by atoms with Gasteiger partial charge in [0.25, 0.3) is 0 Å². The van der Waals surface area contributed by atoms with Gasteiger partial charge in [-0.25, -0.2) is 0 Å². The Labute approximate surface area is 137 Å². The Hall–Kier alpha value is -2.03. The maximum Gasteiger partial charge on any atom is 0.313 e. The molecule has 0 amide bonds. The number of methoxy groups -OCH3 is 1. The molecule has 0 spiro atoms. The van der Waals surface area contributed by atoms with Crippen LogP contribution in [0.3, 0.4) is 0 Å². The number of fused-ring (bicyclic) bond motifs is 1. The Kier molecular flexibility index (Phi) is 4.85. The summed E-state index contributed by atoms with van der Waals surface area (Å²) in [5, 5.41) is 11.6. The number of carbonyl (C=O) groups is 1. The lowest BCUT2D eigenvalue weighted by atomic mass is 9.81. The smallest absolute Gasteiger partial charge is 0.313 e. The number of benzene rings is 2. The first-order valence-corrected chi connectivity index (χ1v) is 8.49. The van der Waals surface area contributed by atoms with E-state index in [4.69, 9.17) is 4.74 Å².